The third-order valence-corrected chi connectivity index (χ3v) is 4.63. The van der Waals surface area contributed by atoms with Crippen LogP contribution in [0, 0.1) is 0 Å². The molecule has 5 heteroatoms. The van der Waals surface area contributed by atoms with E-state index in [1.54, 1.807) is 23.7 Å². The van der Waals surface area contributed by atoms with Crippen molar-refractivity contribution in [1.82, 2.24) is 15.0 Å². The molecule has 0 spiro atoms. The zero-order chi connectivity index (χ0) is 13.1. The Kier molecular flexibility index (Phi) is 3.73. The van der Waals surface area contributed by atoms with Crippen molar-refractivity contribution in [2.45, 2.75) is 32.1 Å². The van der Waals surface area contributed by atoms with Crippen LogP contribution in [0.3, 0.4) is 0 Å². The van der Waals surface area contributed by atoms with Crippen molar-refractivity contribution in [2.75, 3.05) is 18.0 Å². The molecule has 0 bridgehead atoms. The van der Waals surface area contributed by atoms with E-state index in [0.717, 1.165) is 25.3 Å². The molecule has 100 valence electrons. The Morgan fingerprint density at radius 1 is 1.42 bits per heavy atom. The molecule has 1 aliphatic rings. The zero-order valence-corrected chi connectivity index (χ0v) is 11.9. The van der Waals surface area contributed by atoms with Gasteiger partial charge in [-0.1, -0.05) is 6.92 Å². The van der Waals surface area contributed by atoms with Gasteiger partial charge in [0.25, 0.3) is 0 Å². The van der Waals surface area contributed by atoms with Gasteiger partial charge >= 0.3 is 0 Å². The second kappa shape index (κ2) is 5.65. The number of hydrogen-bond donors (Lipinski definition) is 0. The Balaban J connectivity index is 1.74. The second-order valence-electron chi connectivity index (χ2n) is 4.88. The van der Waals surface area contributed by atoms with Crippen LogP contribution in [0.25, 0.3) is 0 Å². The molecule has 0 aromatic carbocycles. The number of aromatic nitrogens is 3. The van der Waals surface area contributed by atoms with E-state index in [1.165, 1.54) is 23.5 Å². The van der Waals surface area contributed by atoms with Crippen LogP contribution in [0.2, 0.25) is 0 Å². The third kappa shape index (κ3) is 2.76. The van der Waals surface area contributed by atoms with E-state index in [-0.39, 0.29) is 0 Å². The van der Waals surface area contributed by atoms with Crippen molar-refractivity contribution in [1.29, 1.82) is 0 Å². The summed E-state index contributed by atoms with van der Waals surface area (Å²) in [5.41, 5.74) is 1.22. The summed E-state index contributed by atoms with van der Waals surface area (Å²) in [6, 6.07) is 0. The molecule has 1 saturated heterocycles. The summed E-state index contributed by atoms with van der Waals surface area (Å²) in [6.45, 7) is 4.24. The Morgan fingerprint density at radius 3 is 3.11 bits per heavy atom. The summed E-state index contributed by atoms with van der Waals surface area (Å²) >= 11 is 1.80. The van der Waals surface area contributed by atoms with Crippen molar-refractivity contribution in [3.05, 3.63) is 34.7 Å². The lowest BCUT2D eigenvalue weighted by atomic mass is 9.99. The highest BCUT2D eigenvalue weighted by molar-refractivity contribution is 7.09. The van der Waals surface area contributed by atoms with E-state index in [0.29, 0.717) is 5.92 Å². The second-order valence-corrected chi connectivity index (χ2v) is 5.77. The van der Waals surface area contributed by atoms with Crippen molar-refractivity contribution < 1.29 is 0 Å². The first-order chi connectivity index (χ1) is 9.36. The number of rotatable bonds is 3. The van der Waals surface area contributed by atoms with Gasteiger partial charge in [-0.15, -0.1) is 11.3 Å². The van der Waals surface area contributed by atoms with E-state index < -0.39 is 0 Å². The largest absolute Gasteiger partial charge is 0.355 e. The van der Waals surface area contributed by atoms with Gasteiger partial charge in [-0.2, -0.15) is 0 Å². The highest BCUT2D eigenvalue weighted by atomic mass is 32.1. The maximum absolute atomic E-state index is 4.74. The standard InChI is InChI=1S/C14H18N4S/c1-2-12-10-19-14(17-12)11-4-3-7-18(9-11)13-8-15-5-6-16-13/h5-6,8,10-11H,2-4,7,9H2,1H3/t11-/m0/s1. The number of piperidine rings is 1. The Morgan fingerprint density at radius 2 is 2.37 bits per heavy atom. The number of hydrogen-bond acceptors (Lipinski definition) is 5. The van der Waals surface area contributed by atoms with Gasteiger partial charge in [-0.3, -0.25) is 4.98 Å². The lowest BCUT2D eigenvalue weighted by Crippen LogP contribution is -2.34. The van der Waals surface area contributed by atoms with Gasteiger partial charge in [0.2, 0.25) is 0 Å². The molecular weight excluding hydrogens is 256 g/mol. The summed E-state index contributed by atoms with van der Waals surface area (Å²) in [7, 11) is 0. The lowest BCUT2D eigenvalue weighted by molar-refractivity contribution is 0.504. The maximum Gasteiger partial charge on any atom is 0.147 e. The molecule has 1 atom stereocenters. The van der Waals surface area contributed by atoms with Crippen LogP contribution in [0.1, 0.15) is 36.4 Å². The van der Waals surface area contributed by atoms with E-state index >= 15 is 0 Å². The molecule has 2 aromatic rings. The molecule has 0 radical (unpaired) electrons. The van der Waals surface area contributed by atoms with Crippen molar-refractivity contribution >= 4 is 17.2 Å². The molecule has 0 aliphatic carbocycles. The van der Waals surface area contributed by atoms with E-state index in [2.05, 4.69) is 27.2 Å². The molecule has 0 amide bonds. The van der Waals surface area contributed by atoms with Crippen LogP contribution in [0.4, 0.5) is 5.82 Å². The average molecular weight is 274 g/mol. The quantitative estimate of drug-likeness (QED) is 0.863. The monoisotopic (exact) mass is 274 g/mol. The third-order valence-electron chi connectivity index (χ3n) is 3.58. The van der Waals surface area contributed by atoms with Gasteiger partial charge in [0, 0.05) is 36.8 Å². The SMILES string of the molecule is CCc1csc([C@H]2CCCN(c3cnccn3)C2)n1. The Hall–Kier alpha value is -1.49. The van der Waals surface area contributed by atoms with Gasteiger partial charge in [-0.25, -0.2) is 9.97 Å². The minimum Gasteiger partial charge on any atom is -0.355 e. The molecule has 0 N–H and O–H groups in total. The maximum atomic E-state index is 4.74. The number of thiazole rings is 1. The van der Waals surface area contributed by atoms with Gasteiger partial charge < -0.3 is 4.90 Å². The highest BCUT2D eigenvalue weighted by Crippen LogP contribution is 2.30. The molecule has 4 nitrogen and oxygen atoms in total. The van der Waals surface area contributed by atoms with Crippen molar-refractivity contribution in [2.24, 2.45) is 0 Å². The average Bonchev–Trinajstić information content (AvgIpc) is 2.97. The van der Waals surface area contributed by atoms with Gasteiger partial charge in [0.1, 0.15) is 5.82 Å². The Bertz CT molecular complexity index is 525. The lowest BCUT2D eigenvalue weighted by Gasteiger charge is -2.32. The van der Waals surface area contributed by atoms with Crippen molar-refractivity contribution in [3.63, 3.8) is 0 Å². The zero-order valence-electron chi connectivity index (χ0n) is 11.1. The molecule has 1 aliphatic heterocycles. The number of nitrogens with zero attached hydrogens (tertiary/aromatic N) is 4. The van der Waals surface area contributed by atoms with Crippen LogP contribution in [-0.4, -0.2) is 28.0 Å². The van der Waals surface area contributed by atoms with Crippen LogP contribution >= 0.6 is 11.3 Å². The predicted octanol–water partition coefficient (Wildman–Crippen LogP) is 2.88. The van der Waals surface area contributed by atoms with E-state index in [1.807, 2.05) is 6.20 Å². The summed E-state index contributed by atoms with van der Waals surface area (Å²) in [5.74, 6) is 1.53. The summed E-state index contributed by atoms with van der Waals surface area (Å²) in [4.78, 5) is 15.6. The number of aryl methyl sites for hydroxylation is 1. The fourth-order valence-electron chi connectivity index (χ4n) is 2.51. The fourth-order valence-corrected chi connectivity index (χ4v) is 3.54. The smallest absolute Gasteiger partial charge is 0.147 e. The van der Waals surface area contributed by atoms with Crippen LogP contribution in [-0.2, 0) is 6.42 Å². The van der Waals surface area contributed by atoms with Gasteiger partial charge in [0.15, 0.2) is 0 Å². The highest BCUT2D eigenvalue weighted by Gasteiger charge is 2.24. The van der Waals surface area contributed by atoms with E-state index in [4.69, 9.17) is 4.98 Å². The molecule has 1 fully saturated rings. The minimum absolute atomic E-state index is 0.543. The summed E-state index contributed by atoms with van der Waals surface area (Å²) in [5, 5.41) is 3.47. The summed E-state index contributed by atoms with van der Waals surface area (Å²) < 4.78 is 0. The van der Waals surface area contributed by atoms with Gasteiger partial charge in [-0.05, 0) is 19.3 Å². The molecule has 0 unspecified atom stereocenters. The van der Waals surface area contributed by atoms with Crippen molar-refractivity contribution in [3.8, 4) is 0 Å². The predicted molar refractivity (Wildman–Crippen MR) is 77.7 cm³/mol. The molecule has 3 rings (SSSR count). The normalized spacial score (nSPS) is 19.6. The molecule has 0 saturated carbocycles. The first-order valence-electron chi connectivity index (χ1n) is 6.82. The molecular formula is C14H18N4S. The summed E-state index contributed by atoms with van der Waals surface area (Å²) in [6.07, 6.45) is 8.78. The topological polar surface area (TPSA) is 41.9 Å². The van der Waals surface area contributed by atoms with Crippen LogP contribution in [0.5, 0.6) is 0 Å². The van der Waals surface area contributed by atoms with Gasteiger partial charge in [0.05, 0.1) is 16.9 Å². The minimum atomic E-state index is 0.543. The molecule has 2 aromatic heterocycles. The van der Waals surface area contributed by atoms with Crippen LogP contribution in [0.15, 0.2) is 24.0 Å². The van der Waals surface area contributed by atoms with Crippen LogP contribution < -0.4 is 4.90 Å². The number of anilines is 1. The fraction of sp³-hybridized carbons (Fsp3) is 0.500. The Labute approximate surface area is 117 Å². The van der Waals surface area contributed by atoms with E-state index in [9.17, 15) is 0 Å². The first kappa shape index (κ1) is 12.5. The molecule has 3 heterocycles. The first-order valence-corrected chi connectivity index (χ1v) is 7.70. The molecule has 19 heavy (non-hydrogen) atoms.